The fraction of sp³-hybridized carbons (Fsp3) is 0.476. The summed E-state index contributed by atoms with van der Waals surface area (Å²) >= 11 is 0. The molecule has 1 aliphatic rings. The second-order valence-electron chi connectivity index (χ2n) is 7.27. The van der Waals surface area contributed by atoms with Gasteiger partial charge in [-0.05, 0) is 57.4 Å². The van der Waals surface area contributed by atoms with Crippen molar-refractivity contribution in [2.75, 3.05) is 18.0 Å². The van der Waals surface area contributed by atoms with Gasteiger partial charge in [0.1, 0.15) is 6.54 Å². The van der Waals surface area contributed by atoms with Gasteiger partial charge in [0.25, 0.3) is 5.91 Å². The van der Waals surface area contributed by atoms with Crippen LogP contribution in [0.4, 0.5) is 5.69 Å². The van der Waals surface area contributed by atoms with Gasteiger partial charge in [0.15, 0.2) is 0 Å². The molecule has 0 atom stereocenters. The summed E-state index contributed by atoms with van der Waals surface area (Å²) in [6.07, 6.45) is 5.20. The van der Waals surface area contributed by atoms with Crippen molar-refractivity contribution in [2.45, 2.75) is 53.0 Å². The number of carbonyl (C=O) groups is 1. The zero-order chi connectivity index (χ0) is 19.2. The Morgan fingerprint density at radius 3 is 2.37 bits per heavy atom. The van der Waals surface area contributed by atoms with Crippen LogP contribution in [0.1, 0.15) is 49.6 Å². The summed E-state index contributed by atoms with van der Waals surface area (Å²) in [7, 11) is 0. The smallest absolute Gasteiger partial charge is 0.261 e. The molecule has 27 heavy (non-hydrogen) atoms. The lowest BCUT2D eigenvalue weighted by Crippen LogP contribution is -2.25. The van der Waals surface area contributed by atoms with E-state index in [-0.39, 0.29) is 12.5 Å². The maximum Gasteiger partial charge on any atom is 0.261 e. The molecule has 1 aromatic heterocycles. The van der Waals surface area contributed by atoms with Gasteiger partial charge in [-0.25, -0.2) is 5.43 Å². The van der Waals surface area contributed by atoms with Crippen molar-refractivity contribution < 1.29 is 4.79 Å². The summed E-state index contributed by atoms with van der Waals surface area (Å²) in [4.78, 5) is 14.6. The molecule has 1 amide bonds. The molecule has 1 N–H and O–H groups in total. The summed E-state index contributed by atoms with van der Waals surface area (Å²) in [6, 6.07) is 10.4. The number of aryl methyl sites for hydroxylation is 2. The number of carbonyl (C=O) groups excluding carboxylic acids is 1. The Hall–Kier alpha value is -2.63. The maximum atomic E-state index is 12.1. The van der Waals surface area contributed by atoms with Gasteiger partial charge in [0.2, 0.25) is 0 Å². The molecule has 6 heteroatoms. The molecular weight excluding hydrogens is 338 g/mol. The van der Waals surface area contributed by atoms with Crippen molar-refractivity contribution in [1.82, 2.24) is 15.2 Å². The van der Waals surface area contributed by atoms with Crippen molar-refractivity contribution in [3.63, 3.8) is 0 Å². The van der Waals surface area contributed by atoms with Crippen molar-refractivity contribution in [3.8, 4) is 0 Å². The average Bonchev–Trinajstić information content (AvgIpc) is 2.86. The highest BCUT2D eigenvalue weighted by molar-refractivity contribution is 5.99. The Balaban J connectivity index is 1.58. The normalized spacial score (nSPS) is 15.5. The number of hydrogen-bond acceptors (Lipinski definition) is 4. The first-order valence-electron chi connectivity index (χ1n) is 9.72. The number of nitrogens with one attached hydrogen (secondary N) is 1. The van der Waals surface area contributed by atoms with Crippen LogP contribution < -0.4 is 10.3 Å². The lowest BCUT2D eigenvalue weighted by molar-refractivity contribution is -0.121. The Morgan fingerprint density at radius 2 is 1.78 bits per heavy atom. The Kier molecular flexibility index (Phi) is 6.27. The van der Waals surface area contributed by atoms with Gasteiger partial charge in [-0.1, -0.05) is 25.0 Å². The maximum absolute atomic E-state index is 12.1. The number of amides is 1. The topological polar surface area (TPSA) is 62.5 Å². The summed E-state index contributed by atoms with van der Waals surface area (Å²) in [5, 5.41) is 8.55. The highest BCUT2D eigenvalue weighted by atomic mass is 16.2. The molecule has 0 unspecified atom stereocenters. The zero-order valence-electron chi connectivity index (χ0n) is 16.5. The largest absolute Gasteiger partial charge is 0.372 e. The van der Waals surface area contributed by atoms with E-state index < -0.39 is 0 Å². The van der Waals surface area contributed by atoms with Crippen LogP contribution in [0.15, 0.2) is 35.4 Å². The third-order valence-electron chi connectivity index (χ3n) is 5.00. The minimum absolute atomic E-state index is 0.171. The molecule has 1 saturated heterocycles. The predicted octanol–water partition coefficient (Wildman–Crippen LogP) is 3.42. The van der Waals surface area contributed by atoms with E-state index in [0.717, 1.165) is 35.8 Å². The molecule has 144 valence electrons. The number of hydrogen-bond donors (Lipinski definition) is 1. The van der Waals surface area contributed by atoms with Crippen LogP contribution in [0.3, 0.4) is 0 Å². The lowest BCUT2D eigenvalue weighted by Gasteiger charge is -2.22. The van der Waals surface area contributed by atoms with Crippen LogP contribution >= 0.6 is 0 Å². The fourth-order valence-corrected chi connectivity index (χ4v) is 3.46. The van der Waals surface area contributed by atoms with Gasteiger partial charge in [0.05, 0.1) is 11.4 Å². The van der Waals surface area contributed by atoms with Crippen LogP contribution in [0, 0.1) is 13.8 Å². The highest BCUT2D eigenvalue weighted by Crippen LogP contribution is 2.20. The molecule has 0 saturated carbocycles. The Labute approximate surface area is 161 Å². The summed E-state index contributed by atoms with van der Waals surface area (Å²) < 4.78 is 1.69. The zero-order valence-corrected chi connectivity index (χ0v) is 16.5. The van der Waals surface area contributed by atoms with Crippen molar-refractivity contribution in [3.05, 3.63) is 47.3 Å². The molecule has 6 nitrogen and oxygen atoms in total. The molecule has 0 radical (unpaired) electrons. The van der Waals surface area contributed by atoms with Crippen LogP contribution in [-0.4, -0.2) is 34.5 Å². The number of rotatable bonds is 5. The first-order chi connectivity index (χ1) is 13.0. The van der Waals surface area contributed by atoms with Crippen LogP contribution in [0.25, 0.3) is 0 Å². The van der Waals surface area contributed by atoms with Crippen molar-refractivity contribution >= 4 is 17.3 Å². The van der Waals surface area contributed by atoms with E-state index in [1.54, 1.807) is 4.68 Å². The number of anilines is 1. The molecule has 1 fully saturated rings. The molecule has 0 bridgehead atoms. The SMILES string of the molecule is C/C(=N\NC(=O)Cn1nc(C)cc1C)c1ccc(N2CCCCCC2)cc1. The van der Waals surface area contributed by atoms with Crippen LogP contribution in [0.5, 0.6) is 0 Å². The number of aromatic nitrogens is 2. The third kappa shape index (κ3) is 5.18. The van der Waals surface area contributed by atoms with Crippen molar-refractivity contribution in [2.24, 2.45) is 5.10 Å². The van der Waals surface area contributed by atoms with E-state index in [1.807, 2.05) is 26.8 Å². The van der Waals surface area contributed by atoms with Gasteiger partial charge in [0, 0.05) is 24.5 Å². The molecule has 3 rings (SSSR count). The molecule has 2 aromatic rings. The van der Waals surface area contributed by atoms with Gasteiger partial charge in [-0.3, -0.25) is 9.48 Å². The first-order valence-corrected chi connectivity index (χ1v) is 9.72. The minimum atomic E-state index is -0.179. The monoisotopic (exact) mass is 367 g/mol. The summed E-state index contributed by atoms with van der Waals surface area (Å²) in [6.45, 7) is 8.20. The second-order valence-corrected chi connectivity index (χ2v) is 7.27. The Morgan fingerprint density at radius 1 is 1.11 bits per heavy atom. The van der Waals surface area contributed by atoms with Gasteiger partial charge >= 0.3 is 0 Å². The molecule has 1 aromatic carbocycles. The van der Waals surface area contributed by atoms with E-state index in [0.29, 0.717) is 0 Å². The number of hydrazone groups is 1. The van der Waals surface area contributed by atoms with Crippen LogP contribution in [0.2, 0.25) is 0 Å². The van der Waals surface area contributed by atoms with Gasteiger partial charge in [-0.15, -0.1) is 0 Å². The number of nitrogens with zero attached hydrogens (tertiary/aromatic N) is 4. The van der Waals surface area contributed by atoms with Crippen LogP contribution in [-0.2, 0) is 11.3 Å². The first kappa shape index (κ1) is 19.1. The standard InChI is InChI=1S/C21H29N5O/c1-16-14-17(2)26(24-16)15-21(27)23-22-18(3)19-8-10-20(11-9-19)25-12-6-4-5-7-13-25/h8-11,14H,4-7,12-13,15H2,1-3H3,(H,23,27)/b22-18+. The molecule has 0 spiro atoms. The quantitative estimate of drug-likeness (QED) is 0.651. The number of benzene rings is 1. The van der Waals surface area contributed by atoms with E-state index in [9.17, 15) is 4.79 Å². The van der Waals surface area contributed by atoms with Gasteiger partial charge < -0.3 is 4.90 Å². The van der Waals surface area contributed by atoms with Gasteiger partial charge in [-0.2, -0.15) is 10.2 Å². The Bertz CT molecular complexity index is 798. The van der Waals surface area contributed by atoms with E-state index in [2.05, 4.69) is 44.8 Å². The van der Waals surface area contributed by atoms with E-state index in [4.69, 9.17) is 0 Å². The molecule has 1 aliphatic heterocycles. The summed E-state index contributed by atoms with van der Waals surface area (Å²) in [5.74, 6) is -0.179. The average molecular weight is 367 g/mol. The predicted molar refractivity (Wildman–Crippen MR) is 109 cm³/mol. The molecule has 2 heterocycles. The van der Waals surface area contributed by atoms with Crippen molar-refractivity contribution in [1.29, 1.82) is 0 Å². The summed E-state index contributed by atoms with van der Waals surface area (Å²) in [5.41, 5.74) is 7.57. The third-order valence-corrected chi connectivity index (χ3v) is 5.00. The second kappa shape index (κ2) is 8.84. The minimum Gasteiger partial charge on any atom is -0.372 e. The molecular formula is C21H29N5O. The van der Waals surface area contributed by atoms with E-state index in [1.165, 1.54) is 31.4 Å². The lowest BCUT2D eigenvalue weighted by atomic mass is 10.1. The highest BCUT2D eigenvalue weighted by Gasteiger charge is 2.10. The van der Waals surface area contributed by atoms with E-state index >= 15 is 0 Å². The fourth-order valence-electron chi connectivity index (χ4n) is 3.46. The molecule has 0 aliphatic carbocycles.